The molecule has 2 aromatic rings. The van der Waals surface area contributed by atoms with Gasteiger partial charge in [0.25, 0.3) is 5.91 Å². The van der Waals surface area contributed by atoms with Crippen molar-refractivity contribution in [1.29, 1.82) is 0 Å². The lowest BCUT2D eigenvalue weighted by atomic mass is 10.0. The van der Waals surface area contributed by atoms with Gasteiger partial charge in [0, 0.05) is 22.2 Å². The normalized spacial score (nSPS) is 19.2. The van der Waals surface area contributed by atoms with E-state index < -0.39 is 5.54 Å². The number of amides is 1. The maximum absolute atomic E-state index is 12.6. The van der Waals surface area contributed by atoms with Gasteiger partial charge in [0.2, 0.25) is 0 Å². The van der Waals surface area contributed by atoms with Crippen molar-refractivity contribution in [3.05, 3.63) is 64.1 Å². The molecular formula is C20H20Cl2N2O2S. The summed E-state index contributed by atoms with van der Waals surface area (Å²) in [6.07, 6.45) is 0.745. The lowest BCUT2D eigenvalue weighted by Gasteiger charge is -2.28. The zero-order chi connectivity index (χ0) is 19.4. The number of nitrogens with one attached hydrogen (secondary N) is 1. The standard InChI is InChI=1S/C20H20Cl2N2O2S/c1-20(23-18(25)14-4-2-5-15(21)12-14)8-9-24(19(20)27)10-11-26-17-7-3-6-16(22)13-17/h2-7,12-13H,8-11H2,1H3,(H,23,25). The summed E-state index contributed by atoms with van der Waals surface area (Å²) in [5.74, 6) is 0.545. The lowest BCUT2D eigenvalue weighted by molar-refractivity contribution is 0.0928. The van der Waals surface area contributed by atoms with Crippen LogP contribution < -0.4 is 10.1 Å². The molecule has 3 rings (SSSR count). The summed E-state index contributed by atoms with van der Waals surface area (Å²) < 4.78 is 5.74. The molecule has 4 nitrogen and oxygen atoms in total. The number of thiocarbonyl (C=S) groups is 1. The summed E-state index contributed by atoms with van der Waals surface area (Å²) in [5.41, 5.74) is -0.0422. The first kappa shape index (κ1) is 19.9. The van der Waals surface area contributed by atoms with E-state index in [2.05, 4.69) is 10.2 Å². The molecule has 1 aliphatic rings. The molecule has 0 aliphatic carbocycles. The first-order chi connectivity index (χ1) is 12.9. The van der Waals surface area contributed by atoms with Gasteiger partial charge in [-0.3, -0.25) is 4.79 Å². The van der Waals surface area contributed by atoms with Crippen LogP contribution in [0.1, 0.15) is 23.7 Å². The molecule has 1 heterocycles. The molecule has 0 aromatic heterocycles. The topological polar surface area (TPSA) is 41.6 Å². The van der Waals surface area contributed by atoms with Crippen LogP contribution in [0.25, 0.3) is 0 Å². The van der Waals surface area contributed by atoms with E-state index in [1.54, 1.807) is 36.4 Å². The van der Waals surface area contributed by atoms with Crippen LogP contribution in [0.3, 0.4) is 0 Å². The molecular weight excluding hydrogens is 403 g/mol. The molecule has 27 heavy (non-hydrogen) atoms. The van der Waals surface area contributed by atoms with E-state index in [0.717, 1.165) is 18.7 Å². The molecule has 1 atom stereocenters. The Balaban J connectivity index is 1.56. The minimum absolute atomic E-state index is 0.181. The Morgan fingerprint density at radius 2 is 1.93 bits per heavy atom. The van der Waals surface area contributed by atoms with Crippen LogP contribution in [0.15, 0.2) is 48.5 Å². The van der Waals surface area contributed by atoms with Gasteiger partial charge in [-0.25, -0.2) is 0 Å². The van der Waals surface area contributed by atoms with E-state index in [1.807, 2.05) is 19.1 Å². The summed E-state index contributed by atoms with van der Waals surface area (Å²) in [7, 11) is 0. The van der Waals surface area contributed by atoms with E-state index in [-0.39, 0.29) is 5.91 Å². The van der Waals surface area contributed by atoms with Crippen LogP contribution in [-0.2, 0) is 0 Å². The van der Waals surface area contributed by atoms with Crippen molar-refractivity contribution in [3.63, 3.8) is 0 Å². The molecule has 1 N–H and O–H groups in total. The third kappa shape index (κ3) is 4.92. The number of halogens is 2. The Hall–Kier alpha value is -1.82. The minimum atomic E-state index is -0.565. The maximum atomic E-state index is 12.6. The first-order valence-corrected chi connectivity index (χ1v) is 9.80. The van der Waals surface area contributed by atoms with E-state index in [0.29, 0.717) is 33.7 Å². The predicted molar refractivity (Wildman–Crippen MR) is 113 cm³/mol. The zero-order valence-corrected chi connectivity index (χ0v) is 17.2. The zero-order valence-electron chi connectivity index (χ0n) is 14.9. The molecule has 0 radical (unpaired) electrons. The Kier molecular flexibility index (Phi) is 6.25. The van der Waals surface area contributed by atoms with Gasteiger partial charge in [-0.1, -0.05) is 47.6 Å². The second-order valence-corrected chi connectivity index (χ2v) is 7.90. The summed E-state index contributed by atoms with van der Waals surface area (Å²) in [6, 6.07) is 14.2. The molecule has 142 valence electrons. The Morgan fingerprint density at radius 1 is 1.22 bits per heavy atom. The van der Waals surface area contributed by atoms with Crippen LogP contribution in [-0.4, -0.2) is 41.0 Å². The summed E-state index contributed by atoms with van der Waals surface area (Å²) in [5, 5.41) is 4.22. The van der Waals surface area contributed by atoms with Crippen molar-refractivity contribution in [2.24, 2.45) is 0 Å². The van der Waals surface area contributed by atoms with Crippen molar-refractivity contribution in [1.82, 2.24) is 10.2 Å². The molecule has 1 aliphatic heterocycles. The smallest absolute Gasteiger partial charge is 0.252 e. The number of carbonyl (C=O) groups excluding carboxylic acids is 1. The third-order valence-corrected chi connectivity index (χ3v) is 5.72. The monoisotopic (exact) mass is 422 g/mol. The second-order valence-electron chi connectivity index (χ2n) is 6.64. The van der Waals surface area contributed by atoms with Gasteiger partial charge in [0.05, 0.1) is 12.1 Å². The van der Waals surface area contributed by atoms with E-state index in [1.165, 1.54) is 0 Å². The number of rotatable bonds is 6. The van der Waals surface area contributed by atoms with Crippen molar-refractivity contribution in [3.8, 4) is 5.75 Å². The van der Waals surface area contributed by atoms with Gasteiger partial charge in [-0.15, -0.1) is 0 Å². The van der Waals surface area contributed by atoms with Crippen LogP contribution in [0.4, 0.5) is 0 Å². The maximum Gasteiger partial charge on any atom is 0.252 e. The van der Waals surface area contributed by atoms with Crippen LogP contribution >= 0.6 is 35.4 Å². The highest BCUT2D eigenvalue weighted by molar-refractivity contribution is 7.80. The van der Waals surface area contributed by atoms with Gasteiger partial charge in [-0.05, 0) is 49.7 Å². The van der Waals surface area contributed by atoms with Crippen molar-refractivity contribution < 1.29 is 9.53 Å². The van der Waals surface area contributed by atoms with E-state index >= 15 is 0 Å². The van der Waals surface area contributed by atoms with Crippen LogP contribution in [0.2, 0.25) is 10.0 Å². The molecule has 0 saturated carbocycles. The SMILES string of the molecule is CC1(NC(=O)c2cccc(Cl)c2)CCN(CCOc2cccc(Cl)c2)C1=S. The number of nitrogens with zero attached hydrogens (tertiary/aromatic N) is 1. The summed E-state index contributed by atoms with van der Waals surface area (Å²) >= 11 is 17.6. The highest BCUT2D eigenvalue weighted by atomic mass is 35.5. The van der Waals surface area contributed by atoms with E-state index in [4.69, 9.17) is 40.2 Å². The minimum Gasteiger partial charge on any atom is -0.492 e. The van der Waals surface area contributed by atoms with E-state index in [9.17, 15) is 4.79 Å². The fraction of sp³-hybridized carbons (Fsp3) is 0.300. The van der Waals surface area contributed by atoms with Crippen molar-refractivity contribution >= 4 is 46.3 Å². The Labute approximate surface area is 174 Å². The van der Waals surface area contributed by atoms with Gasteiger partial charge in [0.1, 0.15) is 17.3 Å². The van der Waals surface area contributed by atoms with Gasteiger partial charge < -0.3 is 15.0 Å². The molecule has 1 unspecified atom stereocenters. The molecule has 1 saturated heterocycles. The second kappa shape index (κ2) is 8.46. The fourth-order valence-electron chi connectivity index (χ4n) is 3.03. The molecule has 7 heteroatoms. The Bertz CT molecular complexity index is 861. The first-order valence-electron chi connectivity index (χ1n) is 8.63. The quantitative estimate of drug-likeness (QED) is 0.690. The molecule has 1 fully saturated rings. The van der Waals surface area contributed by atoms with Crippen molar-refractivity contribution in [2.75, 3.05) is 19.7 Å². The highest BCUT2D eigenvalue weighted by Crippen LogP contribution is 2.25. The largest absolute Gasteiger partial charge is 0.492 e. The number of ether oxygens (including phenoxy) is 1. The summed E-state index contributed by atoms with van der Waals surface area (Å²) in [6.45, 7) is 3.85. The molecule has 2 aromatic carbocycles. The Morgan fingerprint density at radius 3 is 2.63 bits per heavy atom. The summed E-state index contributed by atoms with van der Waals surface area (Å²) in [4.78, 5) is 15.3. The number of hydrogen-bond acceptors (Lipinski definition) is 3. The number of hydrogen-bond donors (Lipinski definition) is 1. The number of carbonyl (C=O) groups is 1. The van der Waals surface area contributed by atoms with Gasteiger partial charge >= 0.3 is 0 Å². The fourth-order valence-corrected chi connectivity index (χ4v) is 3.73. The van der Waals surface area contributed by atoms with Crippen LogP contribution in [0.5, 0.6) is 5.75 Å². The number of benzene rings is 2. The van der Waals surface area contributed by atoms with Crippen LogP contribution in [0, 0.1) is 0 Å². The third-order valence-electron chi connectivity index (χ3n) is 4.54. The molecule has 0 spiro atoms. The number of likely N-dealkylation sites (tertiary alicyclic amines) is 1. The van der Waals surface area contributed by atoms with Gasteiger partial charge in [0.15, 0.2) is 0 Å². The predicted octanol–water partition coefficient (Wildman–Crippen LogP) is 4.59. The average molecular weight is 423 g/mol. The average Bonchev–Trinajstić information content (AvgIpc) is 2.90. The lowest BCUT2D eigenvalue weighted by Crippen LogP contribution is -2.51. The molecule has 1 amide bonds. The molecule has 0 bridgehead atoms. The highest BCUT2D eigenvalue weighted by Gasteiger charge is 2.40. The van der Waals surface area contributed by atoms with Gasteiger partial charge in [-0.2, -0.15) is 0 Å². The van der Waals surface area contributed by atoms with Crippen molar-refractivity contribution in [2.45, 2.75) is 18.9 Å².